The topological polar surface area (TPSA) is 86.8 Å². The lowest BCUT2D eigenvalue weighted by Gasteiger charge is -2.42. The van der Waals surface area contributed by atoms with Crippen LogP contribution in [0, 0.1) is 12.8 Å². The first kappa shape index (κ1) is 19.3. The van der Waals surface area contributed by atoms with Gasteiger partial charge in [-0.25, -0.2) is 0 Å². The maximum atomic E-state index is 13.4. The smallest absolute Gasteiger partial charge is 0.249 e. The number of fused-ring (bicyclic) bond motifs is 3. The van der Waals surface area contributed by atoms with E-state index < -0.39 is 12.0 Å². The molecule has 2 fully saturated rings. The molecule has 3 aliphatic rings. The first-order chi connectivity index (χ1) is 14.6. The van der Waals surface area contributed by atoms with Crippen molar-refractivity contribution < 1.29 is 14.3 Å². The molecule has 4 atom stereocenters. The number of carbonyl (C=O) groups is 2. The third-order valence-corrected chi connectivity index (χ3v) is 6.78. The molecule has 2 N–H and O–H groups in total. The van der Waals surface area contributed by atoms with Crippen LogP contribution in [-0.4, -0.2) is 59.8 Å². The van der Waals surface area contributed by atoms with Gasteiger partial charge in [-0.3, -0.25) is 14.6 Å². The van der Waals surface area contributed by atoms with Gasteiger partial charge < -0.3 is 19.9 Å². The number of hydrogen-bond donors (Lipinski definition) is 2. The van der Waals surface area contributed by atoms with Crippen LogP contribution in [0.5, 0.6) is 0 Å². The van der Waals surface area contributed by atoms with E-state index in [2.05, 4.69) is 22.4 Å². The van der Waals surface area contributed by atoms with Gasteiger partial charge in [-0.05, 0) is 36.8 Å². The predicted molar refractivity (Wildman–Crippen MR) is 114 cm³/mol. The van der Waals surface area contributed by atoms with Crippen molar-refractivity contribution in [3.05, 3.63) is 35.5 Å². The fraction of sp³-hybridized carbons (Fsp3) is 0.522. The van der Waals surface area contributed by atoms with E-state index in [0.717, 1.165) is 53.6 Å². The van der Waals surface area contributed by atoms with Crippen molar-refractivity contribution in [2.75, 3.05) is 20.3 Å². The fourth-order valence-electron chi connectivity index (χ4n) is 5.58. The Labute approximate surface area is 175 Å². The number of aromatic amines is 1. The fourth-order valence-corrected chi connectivity index (χ4v) is 5.58. The lowest BCUT2D eigenvalue weighted by atomic mass is 9.85. The van der Waals surface area contributed by atoms with Gasteiger partial charge in [0.05, 0.1) is 30.2 Å². The Balaban J connectivity index is 1.73. The van der Waals surface area contributed by atoms with E-state index in [0.29, 0.717) is 6.54 Å². The Hall–Kier alpha value is -2.67. The predicted octanol–water partition coefficient (Wildman–Crippen LogP) is 2.50. The molecule has 2 amide bonds. The number of nitrogens with one attached hydrogen (secondary N) is 2. The molecule has 1 unspecified atom stereocenters. The van der Waals surface area contributed by atoms with Crippen molar-refractivity contribution in [1.82, 2.24) is 15.2 Å². The van der Waals surface area contributed by atoms with Crippen molar-refractivity contribution >= 4 is 28.4 Å². The molecule has 1 saturated heterocycles. The minimum Gasteiger partial charge on any atom is -0.375 e. The third-order valence-electron chi connectivity index (χ3n) is 6.78. The molecule has 0 spiro atoms. The van der Waals surface area contributed by atoms with E-state index in [9.17, 15) is 9.59 Å². The first-order valence-corrected chi connectivity index (χ1v) is 10.8. The van der Waals surface area contributed by atoms with Crippen LogP contribution in [0.4, 0.5) is 0 Å². The Morgan fingerprint density at radius 1 is 1.30 bits per heavy atom. The summed E-state index contributed by atoms with van der Waals surface area (Å²) in [5.74, 6) is -0.589. The summed E-state index contributed by atoms with van der Waals surface area (Å²) < 4.78 is 5.25. The van der Waals surface area contributed by atoms with Crippen LogP contribution in [0.15, 0.2) is 29.3 Å². The normalized spacial score (nSPS) is 28.5. The number of carbonyl (C=O) groups excluding carboxylic acids is 2. The van der Waals surface area contributed by atoms with E-state index in [4.69, 9.17) is 9.73 Å². The summed E-state index contributed by atoms with van der Waals surface area (Å²) in [5, 5.41) is 4.07. The molecular formula is C23H28N4O3. The van der Waals surface area contributed by atoms with Gasteiger partial charge in [0.15, 0.2) is 0 Å². The van der Waals surface area contributed by atoms with Crippen molar-refractivity contribution in [3.63, 3.8) is 0 Å². The van der Waals surface area contributed by atoms with E-state index in [1.165, 1.54) is 0 Å². The van der Waals surface area contributed by atoms with Crippen LogP contribution in [0.2, 0.25) is 0 Å². The van der Waals surface area contributed by atoms with Gasteiger partial charge >= 0.3 is 0 Å². The lowest BCUT2D eigenvalue weighted by Crippen LogP contribution is -2.52. The molecule has 1 aromatic carbocycles. The Morgan fingerprint density at radius 2 is 2.13 bits per heavy atom. The molecule has 7 heteroatoms. The van der Waals surface area contributed by atoms with Gasteiger partial charge in [-0.2, -0.15) is 0 Å². The number of aliphatic imine (C=N–C) groups is 1. The minimum absolute atomic E-state index is 0.00310. The number of aryl methyl sites for hydroxylation is 1. The number of hydrogen-bond acceptors (Lipinski definition) is 4. The summed E-state index contributed by atoms with van der Waals surface area (Å²) in [6, 6.07) is 7.85. The first-order valence-electron chi connectivity index (χ1n) is 10.8. The zero-order valence-corrected chi connectivity index (χ0v) is 17.5. The molecule has 1 aromatic heterocycles. The average molecular weight is 409 g/mol. The number of H-pyrrole nitrogens is 1. The van der Waals surface area contributed by atoms with Gasteiger partial charge in [-0.1, -0.05) is 31.0 Å². The lowest BCUT2D eigenvalue weighted by molar-refractivity contribution is -0.143. The van der Waals surface area contributed by atoms with E-state index >= 15 is 0 Å². The summed E-state index contributed by atoms with van der Waals surface area (Å²) >= 11 is 0. The Bertz CT molecular complexity index is 1030. The highest BCUT2D eigenvalue weighted by Crippen LogP contribution is 2.43. The van der Waals surface area contributed by atoms with Crippen LogP contribution in [0.1, 0.15) is 43.0 Å². The standard InChI is InChI=1S/C23H28N4O3/c1-13-10-14-6-5-7-15(21(14)25-13)22-20-17(11-24-23(20)29)26-16-8-3-4-9-18(16)27(22)19(28)12-30-2/h5-7,10,16,18,20,22,25H,3-4,8-9,11-12H2,1-2H3,(H,24,29)/t16-,18-,20?,22-/m1/s1. The minimum atomic E-state index is -0.467. The van der Waals surface area contributed by atoms with Gasteiger partial charge in [0, 0.05) is 18.5 Å². The van der Waals surface area contributed by atoms with Crippen LogP contribution >= 0.6 is 0 Å². The Kier molecular flexibility index (Phi) is 4.85. The number of methoxy groups -OCH3 is 1. The molecule has 0 bridgehead atoms. The molecule has 2 aliphatic heterocycles. The average Bonchev–Trinajstić information content (AvgIpc) is 3.24. The molecular weight excluding hydrogens is 380 g/mol. The van der Waals surface area contributed by atoms with Crippen molar-refractivity contribution in [1.29, 1.82) is 0 Å². The highest BCUT2D eigenvalue weighted by atomic mass is 16.5. The van der Waals surface area contributed by atoms with E-state index in [1.54, 1.807) is 7.11 Å². The van der Waals surface area contributed by atoms with Gasteiger partial charge in [0.25, 0.3) is 0 Å². The highest BCUT2D eigenvalue weighted by Gasteiger charge is 2.50. The van der Waals surface area contributed by atoms with Gasteiger partial charge in [0.1, 0.15) is 12.5 Å². The summed E-state index contributed by atoms with van der Waals surface area (Å²) in [4.78, 5) is 36.9. The summed E-state index contributed by atoms with van der Waals surface area (Å²) in [5.41, 5.74) is 3.91. The van der Waals surface area contributed by atoms with Gasteiger partial charge in [-0.15, -0.1) is 0 Å². The van der Waals surface area contributed by atoms with Crippen molar-refractivity contribution in [2.45, 2.75) is 50.7 Å². The quantitative estimate of drug-likeness (QED) is 0.818. The van der Waals surface area contributed by atoms with Crippen molar-refractivity contribution in [2.24, 2.45) is 10.9 Å². The second kappa shape index (κ2) is 7.54. The summed E-state index contributed by atoms with van der Waals surface area (Å²) in [6.07, 6.45) is 4.02. The van der Waals surface area contributed by atoms with Crippen LogP contribution in [0.25, 0.3) is 10.9 Å². The second-order valence-corrected chi connectivity index (χ2v) is 8.68. The molecule has 1 aliphatic carbocycles. The molecule has 158 valence electrons. The number of amides is 2. The van der Waals surface area contributed by atoms with Crippen molar-refractivity contribution in [3.8, 4) is 0 Å². The number of ether oxygens (including phenoxy) is 1. The van der Waals surface area contributed by atoms with E-state index in [-0.39, 0.29) is 30.5 Å². The maximum Gasteiger partial charge on any atom is 0.249 e. The number of aromatic nitrogens is 1. The zero-order valence-electron chi connectivity index (χ0n) is 17.5. The molecule has 3 heterocycles. The maximum absolute atomic E-state index is 13.4. The molecule has 7 nitrogen and oxygen atoms in total. The number of nitrogens with zero attached hydrogens (tertiary/aromatic N) is 2. The van der Waals surface area contributed by atoms with Gasteiger partial charge in [0.2, 0.25) is 11.8 Å². The number of benzene rings is 1. The Morgan fingerprint density at radius 3 is 2.97 bits per heavy atom. The largest absolute Gasteiger partial charge is 0.375 e. The van der Waals surface area contributed by atoms with Crippen LogP contribution in [0.3, 0.4) is 0 Å². The molecule has 5 rings (SSSR count). The van der Waals surface area contributed by atoms with Crippen LogP contribution in [-0.2, 0) is 14.3 Å². The monoisotopic (exact) mass is 408 g/mol. The zero-order chi connectivity index (χ0) is 20.8. The van der Waals surface area contributed by atoms with E-state index in [1.807, 2.05) is 24.0 Å². The molecule has 2 aromatic rings. The summed E-state index contributed by atoms with van der Waals surface area (Å²) in [7, 11) is 1.54. The highest BCUT2D eigenvalue weighted by molar-refractivity contribution is 6.12. The number of rotatable bonds is 3. The van der Waals surface area contributed by atoms with Crippen LogP contribution < -0.4 is 5.32 Å². The molecule has 30 heavy (non-hydrogen) atoms. The summed E-state index contributed by atoms with van der Waals surface area (Å²) in [6.45, 7) is 2.50. The number of para-hydroxylation sites is 1. The molecule has 1 saturated carbocycles. The SMILES string of the molecule is COCC(=O)N1[C@H](c2cccc3cc(C)[nH]c23)C2C(=O)NCC2=N[C@@H]2CCCC[C@H]21. The third kappa shape index (κ3) is 3.03. The second-order valence-electron chi connectivity index (χ2n) is 8.68. The molecule has 0 radical (unpaired) electrons.